The lowest BCUT2D eigenvalue weighted by atomic mass is 9.65. The Balaban J connectivity index is 1.59. The van der Waals surface area contributed by atoms with Gasteiger partial charge in [-0.05, 0) is 61.4 Å². The maximum Gasteiger partial charge on any atom is 0.235 e. The summed E-state index contributed by atoms with van der Waals surface area (Å²) in [5.41, 5.74) is -0.476. The molecule has 0 aliphatic heterocycles. The van der Waals surface area contributed by atoms with Gasteiger partial charge in [-0.3, -0.25) is 9.59 Å². The number of allylic oxidation sites excluding steroid dienone is 2. The molecule has 3 atom stereocenters. The van der Waals surface area contributed by atoms with E-state index in [1.54, 1.807) is 13.0 Å². The SMILES string of the molecule is CC1=C[C@H](c2c(O)ccc(-c3oc4cc(O)ccc4c(=O)c3O)c2O)[C@@H](C(=O)c2ccc(O)cc2O)[C@@H](c2ccc(O)cc2O)C1. The van der Waals surface area contributed by atoms with E-state index in [1.807, 2.05) is 0 Å². The van der Waals surface area contributed by atoms with Crippen LogP contribution in [0.5, 0.6) is 46.0 Å². The highest BCUT2D eigenvalue weighted by atomic mass is 16.4. The fourth-order valence-corrected chi connectivity index (χ4v) is 6.33. The van der Waals surface area contributed by atoms with Gasteiger partial charge in [0.15, 0.2) is 11.5 Å². The third-order valence-electron chi connectivity index (χ3n) is 8.41. The minimum absolute atomic E-state index is 0.0284. The fraction of sp³-hybridized carbons (Fsp3) is 0.143. The summed E-state index contributed by atoms with van der Waals surface area (Å²) < 4.78 is 5.76. The van der Waals surface area contributed by atoms with Gasteiger partial charge in [-0.15, -0.1) is 0 Å². The van der Waals surface area contributed by atoms with Gasteiger partial charge in [0, 0.05) is 41.5 Å². The van der Waals surface area contributed by atoms with Crippen LogP contribution in [0.4, 0.5) is 0 Å². The zero-order chi connectivity index (χ0) is 33.0. The molecule has 0 radical (unpaired) electrons. The van der Waals surface area contributed by atoms with Crippen LogP contribution in [-0.2, 0) is 0 Å². The summed E-state index contributed by atoms with van der Waals surface area (Å²) in [5, 5.41) is 85.0. The monoisotopic (exact) mass is 624 g/mol. The van der Waals surface area contributed by atoms with Crippen molar-refractivity contribution in [2.45, 2.75) is 25.2 Å². The minimum atomic E-state index is -1.20. The zero-order valence-electron chi connectivity index (χ0n) is 24.2. The molecule has 0 bridgehead atoms. The van der Waals surface area contributed by atoms with Crippen LogP contribution in [0, 0.1) is 5.92 Å². The lowest BCUT2D eigenvalue weighted by Gasteiger charge is -2.37. The van der Waals surface area contributed by atoms with Gasteiger partial charge in [0.05, 0.1) is 16.5 Å². The number of rotatable bonds is 5. The normalized spacial score (nSPS) is 17.9. The van der Waals surface area contributed by atoms with Gasteiger partial charge >= 0.3 is 0 Å². The quantitative estimate of drug-likeness (QED) is 0.0862. The van der Waals surface area contributed by atoms with Crippen molar-refractivity contribution in [3.63, 3.8) is 0 Å². The lowest BCUT2D eigenvalue weighted by Crippen LogP contribution is -2.31. The molecular weight excluding hydrogens is 596 g/mol. The first-order chi connectivity index (χ1) is 21.8. The van der Waals surface area contributed by atoms with Crippen molar-refractivity contribution in [2.75, 3.05) is 0 Å². The number of aromatic hydroxyl groups is 8. The summed E-state index contributed by atoms with van der Waals surface area (Å²) >= 11 is 0. The molecule has 5 aromatic rings. The molecule has 1 aromatic heterocycles. The Morgan fingerprint density at radius 2 is 1.39 bits per heavy atom. The minimum Gasteiger partial charge on any atom is -0.508 e. The van der Waals surface area contributed by atoms with E-state index in [0.717, 1.165) is 12.1 Å². The van der Waals surface area contributed by atoms with E-state index >= 15 is 0 Å². The summed E-state index contributed by atoms with van der Waals surface area (Å²) in [6.07, 6.45) is 1.89. The van der Waals surface area contributed by atoms with Crippen molar-refractivity contribution in [3.05, 3.63) is 105 Å². The van der Waals surface area contributed by atoms with E-state index in [2.05, 4.69) is 0 Å². The molecule has 0 saturated heterocycles. The van der Waals surface area contributed by atoms with Crippen molar-refractivity contribution >= 4 is 16.8 Å². The second-order valence-electron chi connectivity index (χ2n) is 11.4. The molecule has 11 heteroatoms. The van der Waals surface area contributed by atoms with Crippen LogP contribution in [0.3, 0.4) is 0 Å². The fourth-order valence-electron chi connectivity index (χ4n) is 6.33. The Morgan fingerprint density at radius 3 is 2.09 bits per heavy atom. The zero-order valence-corrected chi connectivity index (χ0v) is 24.2. The molecule has 11 nitrogen and oxygen atoms in total. The number of hydrogen-bond donors (Lipinski definition) is 8. The molecular formula is C35H28O11. The molecule has 0 saturated carbocycles. The molecule has 1 heterocycles. The first kappa shape index (κ1) is 29.9. The Bertz CT molecular complexity index is 2140. The first-order valence-electron chi connectivity index (χ1n) is 14.1. The molecule has 1 aliphatic carbocycles. The highest BCUT2D eigenvalue weighted by molar-refractivity contribution is 6.02. The number of fused-ring (bicyclic) bond motifs is 1. The van der Waals surface area contributed by atoms with Crippen LogP contribution >= 0.6 is 0 Å². The van der Waals surface area contributed by atoms with Gasteiger partial charge < -0.3 is 45.3 Å². The number of phenolic OH excluding ortho intramolecular Hbond substituents is 7. The van der Waals surface area contributed by atoms with Gasteiger partial charge in [-0.1, -0.05) is 17.7 Å². The highest BCUT2D eigenvalue weighted by Gasteiger charge is 2.43. The molecule has 0 unspecified atom stereocenters. The van der Waals surface area contributed by atoms with Crippen molar-refractivity contribution in [1.29, 1.82) is 0 Å². The van der Waals surface area contributed by atoms with E-state index in [4.69, 9.17) is 4.42 Å². The number of carbonyl (C=O) groups excluding carboxylic acids is 1. The van der Waals surface area contributed by atoms with E-state index in [1.165, 1.54) is 54.6 Å². The van der Waals surface area contributed by atoms with Gasteiger partial charge in [0.25, 0.3) is 0 Å². The number of benzene rings is 4. The van der Waals surface area contributed by atoms with Crippen LogP contribution in [-0.4, -0.2) is 46.6 Å². The van der Waals surface area contributed by atoms with E-state index in [0.29, 0.717) is 5.57 Å². The van der Waals surface area contributed by atoms with Crippen LogP contribution in [0.15, 0.2) is 87.6 Å². The largest absolute Gasteiger partial charge is 0.508 e. The molecule has 6 rings (SSSR count). The summed E-state index contributed by atoms with van der Waals surface area (Å²) in [7, 11) is 0. The van der Waals surface area contributed by atoms with Crippen LogP contribution in [0.1, 0.15) is 46.7 Å². The third-order valence-corrected chi connectivity index (χ3v) is 8.41. The standard InChI is InChI=1S/C35H28O11/c1-15-10-23(19-5-2-16(36)12-26(19)40)29(31(42)20-6-3-17(37)13-27(20)41)24(11-15)30-25(39)9-8-22(32(30)43)35-34(45)33(44)21-7-4-18(38)14-28(21)46-35/h2-9,11-14,23-24,29,36-41,43,45H,10H2,1H3/t23-,24+,29+/m1/s1. The van der Waals surface area contributed by atoms with Crippen molar-refractivity contribution < 1.29 is 50.1 Å². The Hall–Kier alpha value is -6.10. The van der Waals surface area contributed by atoms with E-state index < -0.39 is 57.7 Å². The van der Waals surface area contributed by atoms with Gasteiger partial charge in [0.1, 0.15) is 45.8 Å². The number of phenols is 7. The highest BCUT2D eigenvalue weighted by Crippen LogP contribution is 2.54. The van der Waals surface area contributed by atoms with Crippen LogP contribution in [0.2, 0.25) is 0 Å². The smallest absolute Gasteiger partial charge is 0.235 e. The van der Waals surface area contributed by atoms with Crippen molar-refractivity contribution in [3.8, 4) is 57.3 Å². The predicted molar refractivity (Wildman–Crippen MR) is 166 cm³/mol. The summed E-state index contributed by atoms with van der Waals surface area (Å²) in [5.74, 6) is -7.68. The van der Waals surface area contributed by atoms with Gasteiger partial charge in [0.2, 0.25) is 11.2 Å². The summed E-state index contributed by atoms with van der Waals surface area (Å²) in [6.45, 7) is 1.76. The summed E-state index contributed by atoms with van der Waals surface area (Å²) in [4.78, 5) is 27.3. The number of Topliss-reactive ketones (excluding diaryl/α,β-unsaturated/α-hetero) is 1. The average Bonchev–Trinajstić information content (AvgIpc) is 2.99. The number of hydrogen-bond acceptors (Lipinski definition) is 11. The Labute approximate surface area is 260 Å². The first-order valence-corrected chi connectivity index (χ1v) is 14.1. The van der Waals surface area contributed by atoms with E-state index in [9.17, 15) is 50.4 Å². The van der Waals surface area contributed by atoms with Crippen molar-refractivity contribution in [1.82, 2.24) is 0 Å². The van der Waals surface area contributed by atoms with Crippen LogP contribution in [0.25, 0.3) is 22.3 Å². The third kappa shape index (κ3) is 4.97. The average molecular weight is 625 g/mol. The lowest BCUT2D eigenvalue weighted by molar-refractivity contribution is 0.0876. The number of carbonyl (C=O) groups is 1. The molecule has 1 aliphatic rings. The number of ketones is 1. The van der Waals surface area contributed by atoms with E-state index in [-0.39, 0.29) is 62.6 Å². The van der Waals surface area contributed by atoms with Crippen LogP contribution < -0.4 is 5.43 Å². The maximum atomic E-state index is 14.4. The molecule has 0 amide bonds. The Kier molecular flexibility index (Phi) is 7.24. The second kappa shape index (κ2) is 11.1. The molecule has 4 aromatic carbocycles. The molecule has 0 fully saturated rings. The molecule has 0 spiro atoms. The maximum absolute atomic E-state index is 14.4. The van der Waals surface area contributed by atoms with Gasteiger partial charge in [-0.25, -0.2) is 0 Å². The summed E-state index contributed by atoms with van der Waals surface area (Å²) in [6, 6.07) is 13.5. The van der Waals surface area contributed by atoms with Gasteiger partial charge in [-0.2, -0.15) is 0 Å². The molecule has 234 valence electrons. The topological polar surface area (TPSA) is 209 Å². The second-order valence-corrected chi connectivity index (χ2v) is 11.4. The predicted octanol–water partition coefficient (Wildman–Crippen LogP) is 5.82. The molecule has 46 heavy (non-hydrogen) atoms. The molecule has 8 N–H and O–H groups in total. The van der Waals surface area contributed by atoms with Crippen molar-refractivity contribution in [2.24, 2.45) is 5.92 Å². The Morgan fingerprint density at radius 1 is 0.739 bits per heavy atom.